The number of nitrogens with zero attached hydrogens (tertiary/aromatic N) is 1. The van der Waals surface area contributed by atoms with Gasteiger partial charge in [0, 0.05) is 30.5 Å². The molecule has 0 amide bonds. The normalized spacial score (nSPS) is 41.3. The molecule has 2 rings (SSSR count). The van der Waals surface area contributed by atoms with Crippen LogP contribution >= 0.6 is 0 Å². The minimum Gasteiger partial charge on any atom is -0.299 e. The number of hydrogen-bond donors (Lipinski definition) is 0. The maximum atomic E-state index is 12.3. The van der Waals surface area contributed by atoms with Crippen LogP contribution in [0, 0.1) is 23.2 Å². The first-order valence-corrected chi connectivity index (χ1v) is 7.59. The average Bonchev–Trinajstić information content (AvgIpc) is 2.52. The molecule has 1 saturated heterocycles. The van der Waals surface area contributed by atoms with E-state index < -0.39 is 0 Å². The number of piperidine rings is 1. The third kappa shape index (κ3) is 2.64. The Balaban J connectivity index is 1.99. The lowest BCUT2D eigenvalue weighted by Crippen LogP contribution is -2.48. The quantitative estimate of drug-likeness (QED) is 0.750. The zero-order valence-corrected chi connectivity index (χ0v) is 12.7. The number of hydrogen-bond acceptors (Lipinski definition) is 2. The SMILES string of the molecule is CC1CC(C)C(C)N(CC2CCC(C)(C)C2=O)C1. The van der Waals surface area contributed by atoms with Gasteiger partial charge in [-0.1, -0.05) is 27.7 Å². The Labute approximate surface area is 112 Å². The molecule has 0 spiro atoms. The highest BCUT2D eigenvalue weighted by Gasteiger charge is 2.42. The number of likely N-dealkylation sites (tertiary alicyclic amines) is 1. The van der Waals surface area contributed by atoms with E-state index in [0.717, 1.165) is 31.2 Å². The highest BCUT2D eigenvalue weighted by atomic mass is 16.1. The largest absolute Gasteiger partial charge is 0.299 e. The third-order valence-corrected chi connectivity index (χ3v) is 5.33. The average molecular weight is 251 g/mol. The highest BCUT2D eigenvalue weighted by Crippen LogP contribution is 2.39. The van der Waals surface area contributed by atoms with Crippen molar-refractivity contribution in [3.63, 3.8) is 0 Å². The Bertz CT molecular complexity index is 323. The summed E-state index contributed by atoms with van der Waals surface area (Å²) in [5, 5.41) is 0. The fraction of sp³-hybridized carbons (Fsp3) is 0.938. The van der Waals surface area contributed by atoms with Crippen LogP contribution in [-0.4, -0.2) is 29.8 Å². The van der Waals surface area contributed by atoms with Gasteiger partial charge in [0.2, 0.25) is 0 Å². The Morgan fingerprint density at radius 3 is 2.50 bits per heavy atom. The van der Waals surface area contributed by atoms with E-state index in [4.69, 9.17) is 0 Å². The molecular weight excluding hydrogens is 222 g/mol. The van der Waals surface area contributed by atoms with E-state index in [1.807, 2.05) is 0 Å². The second-order valence-electron chi connectivity index (χ2n) is 7.50. The van der Waals surface area contributed by atoms with Crippen LogP contribution in [-0.2, 0) is 4.79 Å². The van der Waals surface area contributed by atoms with Gasteiger partial charge in [-0.05, 0) is 38.0 Å². The van der Waals surface area contributed by atoms with Crippen molar-refractivity contribution in [2.24, 2.45) is 23.2 Å². The molecule has 1 saturated carbocycles. The molecule has 1 heterocycles. The molecule has 18 heavy (non-hydrogen) atoms. The van der Waals surface area contributed by atoms with Crippen LogP contribution < -0.4 is 0 Å². The summed E-state index contributed by atoms with van der Waals surface area (Å²) in [7, 11) is 0. The number of carbonyl (C=O) groups is 1. The van der Waals surface area contributed by atoms with Crippen LogP contribution in [0.4, 0.5) is 0 Å². The first-order valence-electron chi connectivity index (χ1n) is 7.59. The molecule has 1 aliphatic carbocycles. The van der Waals surface area contributed by atoms with E-state index in [1.54, 1.807) is 0 Å². The van der Waals surface area contributed by atoms with E-state index in [2.05, 4.69) is 39.5 Å². The van der Waals surface area contributed by atoms with Gasteiger partial charge in [0.15, 0.2) is 0 Å². The Kier molecular flexibility index (Phi) is 3.87. The van der Waals surface area contributed by atoms with E-state index >= 15 is 0 Å². The summed E-state index contributed by atoms with van der Waals surface area (Å²) in [6.07, 6.45) is 3.50. The maximum absolute atomic E-state index is 12.3. The Hall–Kier alpha value is -0.370. The fourth-order valence-electron chi connectivity index (χ4n) is 3.87. The maximum Gasteiger partial charge on any atom is 0.142 e. The van der Waals surface area contributed by atoms with Gasteiger partial charge in [0.05, 0.1) is 0 Å². The van der Waals surface area contributed by atoms with Gasteiger partial charge >= 0.3 is 0 Å². The lowest BCUT2D eigenvalue weighted by Gasteiger charge is -2.42. The van der Waals surface area contributed by atoms with Crippen molar-refractivity contribution in [1.82, 2.24) is 4.90 Å². The van der Waals surface area contributed by atoms with E-state index in [9.17, 15) is 4.79 Å². The summed E-state index contributed by atoms with van der Waals surface area (Å²) in [6, 6.07) is 0.637. The van der Waals surface area contributed by atoms with Crippen LogP contribution in [0.2, 0.25) is 0 Å². The lowest BCUT2D eigenvalue weighted by molar-refractivity contribution is -0.128. The third-order valence-electron chi connectivity index (χ3n) is 5.33. The molecule has 0 N–H and O–H groups in total. The lowest BCUT2D eigenvalue weighted by atomic mass is 9.84. The number of rotatable bonds is 2. The second kappa shape index (κ2) is 4.96. The van der Waals surface area contributed by atoms with E-state index in [-0.39, 0.29) is 5.41 Å². The minimum atomic E-state index is -0.0685. The van der Waals surface area contributed by atoms with Gasteiger partial charge in [0.1, 0.15) is 5.78 Å². The summed E-state index contributed by atoms with van der Waals surface area (Å²) < 4.78 is 0. The van der Waals surface area contributed by atoms with Crippen molar-refractivity contribution in [2.75, 3.05) is 13.1 Å². The smallest absolute Gasteiger partial charge is 0.142 e. The molecule has 1 aliphatic heterocycles. The highest BCUT2D eigenvalue weighted by molar-refractivity contribution is 5.88. The van der Waals surface area contributed by atoms with Crippen LogP contribution in [0.3, 0.4) is 0 Å². The predicted molar refractivity (Wildman–Crippen MR) is 75.5 cm³/mol. The van der Waals surface area contributed by atoms with Gasteiger partial charge in [-0.25, -0.2) is 0 Å². The predicted octanol–water partition coefficient (Wildman–Crippen LogP) is 3.36. The van der Waals surface area contributed by atoms with E-state index in [1.165, 1.54) is 13.0 Å². The van der Waals surface area contributed by atoms with Crippen LogP contribution in [0.1, 0.15) is 53.9 Å². The van der Waals surface area contributed by atoms with Gasteiger partial charge in [-0.2, -0.15) is 0 Å². The molecule has 104 valence electrons. The standard InChI is InChI=1S/C16H29NO/c1-11-8-12(2)13(3)17(9-11)10-14-6-7-16(4,5)15(14)18/h11-14H,6-10H2,1-5H3. The van der Waals surface area contributed by atoms with Crippen LogP contribution in [0.15, 0.2) is 0 Å². The van der Waals surface area contributed by atoms with Crippen molar-refractivity contribution in [3.05, 3.63) is 0 Å². The molecule has 0 radical (unpaired) electrons. The zero-order chi connectivity index (χ0) is 13.5. The van der Waals surface area contributed by atoms with Gasteiger partial charge in [0.25, 0.3) is 0 Å². The number of Topliss-reactive ketones (excluding diaryl/α,β-unsaturated/α-hetero) is 1. The molecule has 0 aromatic rings. The Morgan fingerprint density at radius 2 is 1.94 bits per heavy atom. The molecule has 2 fully saturated rings. The fourth-order valence-corrected chi connectivity index (χ4v) is 3.87. The summed E-state index contributed by atoms with van der Waals surface area (Å²) in [4.78, 5) is 14.9. The van der Waals surface area contributed by atoms with Gasteiger partial charge in [-0.3, -0.25) is 9.69 Å². The van der Waals surface area contributed by atoms with Gasteiger partial charge in [-0.15, -0.1) is 0 Å². The molecule has 4 unspecified atom stereocenters. The minimum absolute atomic E-state index is 0.0685. The molecule has 2 nitrogen and oxygen atoms in total. The van der Waals surface area contributed by atoms with E-state index in [0.29, 0.717) is 17.7 Å². The van der Waals surface area contributed by atoms with Crippen molar-refractivity contribution < 1.29 is 4.79 Å². The topological polar surface area (TPSA) is 20.3 Å². The molecule has 0 aromatic heterocycles. The second-order valence-corrected chi connectivity index (χ2v) is 7.50. The van der Waals surface area contributed by atoms with Crippen LogP contribution in [0.25, 0.3) is 0 Å². The van der Waals surface area contributed by atoms with Crippen molar-refractivity contribution in [2.45, 2.75) is 59.9 Å². The molecular formula is C16H29NO. The summed E-state index contributed by atoms with van der Waals surface area (Å²) in [6.45, 7) is 13.4. The van der Waals surface area contributed by atoms with Crippen molar-refractivity contribution >= 4 is 5.78 Å². The van der Waals surface area contributed by atoms with Crippen LogP contribution in [0.5, 0.6) is 0 Å². The summed E-state index contributed by atoms with van der Waals surface area (Å²) >= 11 is 0. The number of carbonyl (C=O) groups excluding carboxylic acids is 1. The zero-order valence-electron chi connectivity index (χ0n) is 12.7. The molecule has 2 heteroatoms. The molecule has 0 aromatic carbocycles. The number of ketones is 1. The van der Waals surface area contributed by atoms with Crippen molar-refractivity contribution in [1.29, 1.82) is 0 Å². The monoisotopic (exact) mass is 251 g/mol. The Morgan fingerprint density at radius 1 is 1.28 bits per heavy atom. The molecule has 0 bridgehead atoms. The molecule has 2 aliphatic rings. The summed E-state index contributed by atoms with van der Waals surface area (Å²) in [5.41, 5.74) is -0.0685. The van der Waals surface area contributed by atoms with Crippen molar-refractivity contribution in [3.8, 4) is 0 Å². The molecule has 4 atom stereocenters. The van der Waals surface area contributed by atoms with Gasteiger partial charge < -0.3 is 0 Å². The first-order chi connectivity index (χ1) is 8.31. The summed E-state index contributed by atoms with van der Waals surface area (Å²) in [5.74, 6) is 2.33. The first kappa shape index (κ1) is 14.0.